The van der Waals surface area contributed by atoms with Gasteiger partial charge in [0.15, 0.2) is 18.3 Å². The van der Waals surface area contributed by atoms with E-state index in [0.29, 0.717) is 5.69 Å². The van der Waals surface area contributed by atoms with Gasteiger partial charge in [-0.2, -0.15) is 0 Å². The number of benzene rings is 1. The van der Waals surface area contributed by atoms with Crippen molar-refractivity contribution < 1.29 is 33.0 Å². The van der Waals surface area contributed by atoms with Gasteiger partial charge in [-0.1, -0.05) is 6.07 Å². The molecule has 0 saturated carbocycles. The maximum Gasteiger partial charge on any atom is 0.344 e. The van der Waals surface area contributed by atoms with Crippen molar-refractivity contribution in [3.63, 3.8) is 0 Å². The zero-order valence-electron chi connectivity index (χ0n) is 13.7. The van der Waals surface area contributed by atoms with E-state index in [0.717, 1.165) is 17.4 Å². The quantitative estimate of drug-likeness (QED) is 0.691. The molecule has 2 rings (SSSR count). The number of nitrogens with one attached hydrogen (secondary N) is 1. The van der Waals surface area contributed by atoms with E-state index < -0.39 is 36.9 Å². The lowest BCUT2D eigenvalue weighted by molar-refractivity contribution is -0.149. The summed E-state index contributed by atoms with van der Waals surface area (Å²) in [4.78, 5) is 38.4. The first-order chi connectivity index (χ1) is 12.5. The second-order valence-electron chi connectivity index (χ2n) is 4.85. The lowest BCUT2D eigenvalue weighted by Gasteiger charge is -2.07. The molecular formula is C16H15FN2O6S. The van der Waals surface area contributed by atoms with Crippen LogP contribution < -0.4 is 10.1 Å². The number of hydrogen-bond acceptors (Lipinski definition) is 8. The van der Waals surface area contributed by atoms with Gasteiger partial charge in [-0.3, -0.25) is 14.9 Å². The van der Waals surface area contributed by atoms with Crippen molar-refractivity contribution in [2.75, 3.05) is 25.6 Å². The lowest BCUT2D eigenvalue weighted by atomic mass is 10.3. The Bertz CT molecular complexity index is 795. The molecule has 0 unspecified atom stereocenters. The highest BCUT2D eigenvalue weighted by atomic mass is 32.1. The maximum atomic E-state index is 13.0. The maximum absolute atomic E-state index is 13.0. The fraction of sp³-hybridized carbons (Fsp3) is 0.250. The molecule has 1 heterocycles. The highest BCUT2D eigenvalue weighted by Gasteiger charge is 2.12. The summed E-state index contributed by atoms with van der Waals surface area (Å²) in [5.41, 5.74) is 0.456. The van der Waals surface area contributed by atoms with Gasteiger partial charge in [0.2, 0.25) is 0 Å². The number of ether oxygens (including phenoxy) is 3. The number of thiazole rings is 1. The minimum absolute atomic E-state index is 0.00469. The minimum Gasteiger partial charge on any atom is -0.482 e. The number of amides is 1. The third kappa shape index (κ3) is 6.48. The van der Waals surface area contributed by atoms with Crippen LogP contribution in [0.25, 0.3) is 0 Å². The molecule has 0 atom stereocenters. The molecule has 0 aliphatic heterocycles. The molecule has 26 heavy (non-hydrogen) atoms. The van der Waals surface area contributed by atoms with Crippen molar-refractivity contribution in [3.05, 3.63) is 41.2 Å². The number of halogens is 1. The van der Waals surface area contributed by atoms with Crippen molar-refractivity contribution in [1.82, 2.24) is 4.98 Å². The molecule has 1 N–H and O–H groups in total. The summed E-state index contributed by atoms with van der Waals surface area (Å²) in [6.45, 7) is -0.992. The summed E-state index contributed by atoms with van der Waals surface area (Å²) in [5, 5.41) is 4.31. The van der Waals surface area contributed by atoms with Gasteiger partial charge in [0.1, 0.15) is 11.6 Å². The Hall–Kier alpha value is -3.01. The van der Waals surface area contributed by atoms with Crippen molar-refractivity contribution >= 4 is 34.3 Å². The highest BCUT2D eigenvalue weighted by Crippen LogP contribution is 2.16. The van der Waals surface area contributed by atoms with Crippen LogP contribution in [-0.2, 0) is 30.3 Å². The summed E-state index contributed by atoms with van der Waals surface area (Å²) in [5.74, 6) is -2.14. The molecule has 0 spiro atoms. The monoisotopic (exact) mass is 382 g/mol. The number of rotatable bonds is 8. The Balaban J connectivity index is 1.71. The van der Waals surface area contributed by atoms with E-state index in [2.05, 4.69) is 15.0 Å². The van der Waals surface area contributed by atoms with E-state index in [4.69, 9.17) is 9.47 Å². The average Bonchev–Trinajstić information content (AvgIpc) is 3.04. The number of esters is 2. The summed E-state index contributed by atoms with van der Waals surface area (Å²) < 4.78 is 27.3. The molecule has 10 heteroatoms. The molecule has 0 radical (unpaired) electrons. The zero-order chi connectivity index (χ0) is 18.9. The Labute approximate surface area is 151 Å². The van der Waals surface area contributed by atoms with Crippen LogP contribution >= 0.6 is 11.3 Å². The Morgan fingerprint density at radius 3 is 2.77 bits per heavy atom. The molecule has 1 aromatic carbocycles. The van der Waals surface area contributed by atoms with Gasteiger partial charge in [0.05, 0.1) is 19.2 Å². The van der Waals surface area contributed by atoms with E-state index in [1.54, 1.807) is 5.38 Å². The predicted molar refractivity (Wildman–Crippen MR) is 89.3 cm³/mol. The average molecular weight is 382 g/mol. The minimum atomic E-state index is -0.782. The molecule has 2 aromatic rings. The first-order valence-corrected chi connectivity index (χ1v) is 8.19. The van der Waals surface area contributed by atoms with Crippen LogP contribution in [0.4, 0.5) is 9.52 Å². The van der Waals surface area contributed by atoms with Gasteiger partial charge in [0, 0.05) is 11.4 Å². The van der Waals surface area contributed by atoms with Crippen LogP contribution in [0.15, 0.2) is 29.6 Å². The third-order valence-corrected chi connectivity index (χ3v) is 3.67. The van der Waals surface area contributed by atoms with Crippen LogP contribution in [0.1, 0.15) is 5.69 Å². The highest BCUT2D eigenvalue weighted by molar-refractivity contribution is 7.13. The molecule has 0 aliphatic rings. The van der Waals surface area contributed by atoms with Crippen molar-refractivity contribution in [2.24, 2.45) is 0 Å². The smallest absolute Gasteiger partial charge is 0.344 e. The lowest BCUT2D eigenvalue weighted by Crippen LogP contribution is -2.23. The first-order valence-electron chi connectivity index (χ1n) is 7.31. The molecule has 0 fully saturated rings. The number of carbonyl (C=O) groups excluding carboxylic acids is 3. The van der Waals surface area contributed by atoms with Crippen molar-refractivity contribution in [3.8, 4) is 5.75 Å². The van der Waals surface area contributed by atoms with Gasteiger partial charge in [0.25, 0.3) is 5.91 Å². The molecule has 0 saturated heterocycles. The van der Waals surface area contributed by atoms with Gasteiger partial charge < -0.3 is 14.2 Å². The third-order valence-electron chi connectivity index (χ3n) is 2.87. The second kappa shape index (κ2) is 9.47. The summed E-state index contributed by atoms with van der Waals surface area (Å²) >= 11 is 1.12. The van der Waals surface area contributed by atoms with Crippen LogP contribution in [-0.4, -0.2) is 43.2 Å². The number of anilines is 1. The van der Waals surface area contributed by atoms with Crippen LogP contribution in [0.3, 0.4) is 0 Å². The van der Waals surface area contributed by atoms with E-state index in [-0.39, 0.29) is 17.3 Å². The van der Waals surface area contributed by atoms with Crippen molar-refractivity contribution in [2.45, 2.75) is 6.42 Å². The molecule has 0 aliphatic carbocycles. The molecule has 1 amide bonds. The number of nitrogens with zero attached hydrogens (tertiary/aromatic N) is 1. The summed E-state index contributed by atoms with van der Waals surface area (Å²) in [7, 11) is 1.27. The largest absolute Gasteiger partial charge is 0.482 e. The second-order valence-corrected chi connectivity index (χ2v) is 5.71. The number of hydrogen-bond donors (Lipinski definition) is 1. The normalized spacial score (nSPS) is 10.1. The van der Waals surface area contributed by atoms with Gasteiger partial charge in [-0.25, -0.2) is 14.2 Å². The first kappa shape index (κ1) is 19.3. The fourth-order valence-electron chi connectivity index (χ4n) is 1.71. The molecular weight excluding hydrogens is 367 g/mol. The van der Waals surface area contributed by atoms with Crippen LogP contribution in [0.2, 0.25) is 0 Å². The number of carbonyl (C=O) groups is 3. The fourth-order valence-corrected chi connectivity index (χ4v) is 2.43. The van der Waals surface area contributed by atoms with Crippen molar-refractivity contribution in [1.29, 1.82) is 0 Å². The summed E-state index contributed by atoms with van der Waals surface area (Å²) in [6.07, 6.45) is -0.00469. The van der Waals surface area contributed by atoms with Gasteiger partial charge in [-0.15, -0.1) is 11.3 Å². The predicted octanol–water partition coefficient (Wildman–Crippen LogP) is 1.56. The Morgan fingerprint density at radius 2 is 2.04 bits per heavy atom. The molecule has 1 aromatic heterocycles. The summed E-state index contributed by atoms with van der Waals surface area (Å²) in [6, 6.07) is 5.28. The SMILES string of the molecule is COC(=O)Cc1csc(NC(=O)COC(=O)COc2cccc(F)c2)n1. The number of methoxy groups -OCH3 is 1. The van der Waals surface area contributed by atoms with E-state index in [1.807, 2.05) is 0 Å². The molecule has 0 bridgehead atoms. The Kier molecular flexibility index (Phi) is 7.03. The number of aromatic nitrogens is 1. The van der Waals surface area contributed by atoms with Crippen LogP contribution in [0, 0.1) is 5.82 Å². The van der Waals surface area contributed by atoms with E-state index in [9.17, 15) is 18.8 Å². The van der Waals surface area contributed by atoms with E-state index in [1.165, 1.54) is 25.3 Å². The van der Waals surface area contributed by atoms with Crippen LogP contribution in [0.5, 0.6) is 5.75 Å². The Morgan fingerprint density at radius 1 is 1.23 bits per heavy atom. The zero-order valence-corrected chi connectivity index (χ0v) is 14.5. The van der Waals surface area contributed by atoms with Gasteiger partial charge >= 0.3 is 11.9 Å². The van der Waals surface area contributed by atoms with Gasteiger partial charge in [-0.05, 0) is 12.1 Å². The topological polar surface area (TPSA) is 104 Å². The van der Waals surface area contributed by atoms with E-state index >= 15 is 0 Å². The molecule has 8 nitrogen and oxygen atoms in total. The standard InChI is InChI=1S/C16H15FN2O6S/c1-23-14(21)6-11-9-26-16(18-11)19-13(20)7-25-15(22)8-24-12-4-2-3-10(17)5-12/h2-5,9H,6-8H2,1H3,(H,18,19,20). The molecule has 138 valence electrons.